The van der Waals surface area contributed by atoms with Crippen LogP contribution in [-0.2, 0) is 29.2 Å². The van der Waals surface area contributed by atoms with Crippen LogP contribution in [0.3, 0.4) is 0 Å². The second-order valence-electron chi connectivity index (χ2n) is 7.15. The molecule has 0 spiro atoms. The number of anilines is 3. The molecule has 8 heteroatoms. The highest BCUT2D eigenvalue weighted by atomic mass is 32.1. The van der Waals surface area contributed by atoms with E-state index in [1.54, 1.807) is 11.3 Å². The average molecular weight is 446 g/mol. The van der Waals surface area contributed by atoms with Crippen molar-refractivity contribution < 1.29 is 9.53 Å². The number of aromatic nitrogens is 2. The number of nitrogens with one attached hydrogen (secondary N) is 1. The maximum absolute atomic E-state index is 12.2. The van der Waals surface area contributed by atoms with Crippen molar-refractivity contribution >= 4 is 34.7 Å². The minimum atomic E-state index is -0.0643. The molecule has 0 aliphatic heterocycles. The Bertz CT molecular complexity index is 1180. The molecule has 0 unspecified atom stereocenters. The van der Waals surface area contributed by atoms with Crippen LogP contribution in [0, 0.1) is 0 Å². The van der Waals surface area contributed by atoms with Gasteiger partial charge < -0.3 is 21.5 Å². The van der Waals surface area contributed by atoms with E-state index in [1.165, 1.54) is 0 Å². The van der Waals surface area contributed by atoms with Gasteiger partial charge in [-0.15, -0.1) is 11.3 Å². The molecule has 0 saturated heterocycles. The Morgan fingerprint density at radius 3 is 2.44 bits per heavy atom. The van der Waals surface area contributed by atoms with E-state index in [0.717, 1.165) is 16.0 Å². The second kappa shape index (κ2) is 10.0. The first-order chi connectivity index (χ1) is 15.6. The molecule has 162 valence electrons. The van der Waals surface area contributed by atoms with Crippen molar-refractivity contribution in [3.8, 4) is 11.1 Å². The van der Waals surface area contributed by atoms with Gasteiger partial charge >= 0.3 is 0 Å². The fourth-order valence-electron chi connectivity index (χ4n) is 3.30. The average Bonchev–Trinajstić information content (AvgIpc) is 3.28. The van der Waals surface area contributed by atoms with Gasteiger partial charge in [0.1, 0.15) is 5.82 Å². The number of nitrogens with two attached hydrogens (primary N) is 2. The fraction of sp³-hybridized carbons (Fsp3) is 0.125. The third kappa shape index (κ3) is 5.48. The van der Waals surface area contributed by atoms with Gasteiger partial charge in [0.15, 0.2) is 0 Å². The number of ether oxygens (including phenoxy) is 1. The Kier molecular flexibility index (Phi) is 6.74. The number of carbonyl (C=O) groups excluding carboxylic acids is 1. The first-order valence-corrected chi connectivity index (χ1v) is 10.9. The molecule has 2 heterocycles. The summed E-state index contributed by atoms with van der Waals surface area (Å²) >= 11 is 1.56. The van der Waals surface area contributed by atoms with Crippen molar-refractivity contribution in [2.24, 2.45) is 0 Å². The quantitative estimate of drug-likeness (QED) is 0.373. The lowest BCUT2D eigenvalue weighted by atomic mass is 10.0. The van der Waals surface area contributed by atoms with E-state index in [1.807, 2.05) is 72.1 Å². The van der Waals surface area contributed by atoms with Crippen molar-refractivity contribution in [2.45, 2.75) is 19.6 Å². The lowest BCUT2D eigenvalue weighted by molar-refractivity contribution is -0.115. The molecule has 0 radical (unpaired) electrons. The number of nitrogen functional groups attached to an aromatic ring is 2. The van der Waals surface area contributed by atoms with Crippen LogP contribution < -0.4 is 16.8 Å². The zero-order valence-electron chi connectivity index (χ0n) is 17.3. The van der Waals surface area contributed by atoms with Crippen molar-refractivity contribution in [3.05, 3.63) is 88.2 Å². The number of amides is 1. The first kappa shape index (κ1) is 21.5. The van der Waals surface area contributed by atoms with Crippen LogP contribution in [0.15, 0.2) is 72.1 Å². The third-order valence-electron chi connectivity index (χ3n) is 4.75. The Hall–Kier alpha value is -3.75. The predicted octanol–water partition coefficient (Wildman–Crippen LogP) is 4.27. The van der Waals surface area contributed by atoms with Gasteiger partial charge in [-0.2, -0.15) is 4.98 Å². The SMILES string of the molecule is Nc1nc(N)c(-c2ccc(NC(=O)Cc3cccs3)cc2)c(COCc2ccccc2)n1. The van der Waals surface area contributed by atoms with Gasteiger partial charge in [-0.25, -0.2) is 4.98 Å². The lowest BCUT2D eigenvalue weighted by Crippen LogP contribution is -2.13. The Morgan fingerprint density at radius 2 is 1.72 bits per heavy atom. The molecule has 4 aromatic rings. The number of nitrogens with zero attached hydrogens (tertiary/aromatic N) is 2. The van der Waals surface area contributed by atoms with Crippen LogP contribution in [0.2, 0.25) is 0 Å². The van der Waals surface area contributed by atoms with Crippen LogP contribution in [0.25, 0.3) is 11.1 Å². The van der Waals surface area contributed by atoms with Crippen molar-refractivity contribution in [1.29, 1.82) is 0 Å². The van der Waals surface area contributed by atoms with Gasteiger partial charge in [0.25, 0.3) is 0 Å². The molecule has 0 atom stereocenters. The summed E-state index contributed by atoms with van der Waals surface area (Å²) < 4.78 is 5.85. The zero-order valence-corrected chi connectivity index (χ0v) is 18.1. The molecule has 1 amide bonds. The number of benzene rings is 2. The molecular formula is C24H23N5O2S. The maximum atomic E-state index is 12.2. The topological polar surface area (TPSA) is 116 Å². The molecule has 4 rings (SSSR count). The van der Waals surface area contributed by atoms with Crippen LogP contribution >= 0.6 is 11.3 Å². The fourth-order valence-corrected chi connectivity index (χ4v) is 4.01. The summed E-state index contributed by atoms with van der Waals surface area (Å²) in [5.74, 6) is 0.317. The highest BCUT2D eigenvalue weighted by molar-refractivity contribution is 7.10. The van der Waals surface area contributed by atoms with E-state index in [-0.39, 0.29) is 24.3 Å². The molecule has 2 aromatic carbocycles. The minimum Gasteiger partial charge on any atom is -0.383 e. The summed E-state index contributed by atoms with van der Waals surface area (Å²) in [6.45, 7) is 0.680. The van der Waals surface area contributed by atoms with Crippen LogP contribution in [0.1, 0.15) is 16.1 Å². The van der Waals surface area contributed by atoms with Crippen LogP contribution in [-0.4, -0.2) is 15.9 Å². The second-order valence-corrected chi connectivity index (χ2v) is 8.18. The highest BCUT2D eigenvalue weighted by Gasteiger charge is 2.14. The summed E-state index contributed by atoms with van der Waals surface area (Å²) in [4.78, 5) is 21.7. The van der Waals surface area contributed by atoms with Gasteiger partial charge in [-0.1, -0.05) is 48.5 Å². The Morgan fingerprint density at radius 1 is 0.938 bits per heavy atom. The Labute approximate surface area is 190 Å². The molecule has 0 aliphatic rings. The van der Waals surface area contributed by atoms with Gasteiger partial charge in [0.05, 0.1) is 25.3 Å². The number of hydrogen-bond donors (Lipinski definition) is 3. The van der Waals surface area contributed by atoms with E-state index in [2.05, 4.69) is 15.3 Å². The highest BCUT2D eigenvalue weighted by Crippen LogP contribution is 2.30. The van der Waals surface area contributed by atoms with E-state index < -0.39 is 0 Å². The molecule has 0 aliphatic carbocycles. The molecule has 32 heavy (non-hydrogen) atoms. The van der Waals surface area contributed by atoms with Crippen LogP contribution in [0.4, 0.5) is 17.5 Å². The summed E-state index contributed by atoms with van der Waals surface area (Å²) in [7, 11) is 0. The third-order valence-corrected chi connectivity index (χ3v) is 5.63. The van der Waals surface area contributed by atoms with E-state index in [0.29, 0.717) is 30.0 Å². The van der Waals surface area contributed by atoms with Gasteiger partial charge in [-0.05, 0) is 34.7 Å². The summed E-state index contributed by atoms with van der Waals surface area (Å²) in [5, 5.41) is 4.87. The Balaban J connectivity index is 1.47. The van der Waals surface area contributed by atoms with Gasteiger partial charge in [0, 0.05) is 16.1 Å². The number of thiophene rings is 1. The molecule has 5 N–H and O–H groups in total. The smallest absolute Gasteiger partial charge is 0.229 e. The van der Waals surface area contributed by atoms with E-state index >= 15 is 0 Å². The summed E-state index contributed by atoms with van der Waals surface area (Å²) in [5.41, 5.74) is 15.9. The van der Waals surface area contributed by atoms with E-state index in [9.17, 15) is 4.79 Å². The molecular weight excluding hydrogens is 422 g/mol. The molecule has 0 saturated carbocycles. The minimum absolute atomic E-state index is 0.0643. The molecule has 0 bridgehead atoms. The number of rotatable bonds is 8. The van der Waals surface area contributed by atoms with Gasteiger partial charge in [-0.3, -0.25) is 4.79 Å². The molecule has 0 fully saturated rings. The van der Waals surface area contributed by atoms with Gasteiger partial charge in [0.2, 0.25) is 11.9 Å². The van der Waals surface area contributed by atoms with Crippen molar-refractivity contribution in [2.75, 3.05) is 16.8 Å². The first-order valence-electron chi connectivity index (χ1n) is 10.0. The summed E-state index contributed by atoms with van der Waals surface area (Å²) in [6, 6.07) is 21.1. The van der Waals surface area contributed by atoms with Crippen LogP contribution in [0.5, 0.6) is 0 Å². The molecule has 7 nitrogen and oxygen atoms in total. The van der Waals surface area contributed by atoms with Crippen molar-refractivity contribution in [3.63, 3.8) is 0 Å². The maximum Gasteiger partial charge on any atom is 0.229 e. The predicted molar refractivity (Wildman–Crippen MR) is 128 cm³/mol. The van der Waals surface area contributed by atoms with Crippen molar-refractivity contribution in [1.82, 2.24) is 9.97 Å². The monoisotopic (exact) mass is 445 g/mol. The summed E-state index contributed by atoms with van der Waals surface area (Å²) in [6.07, 6.45) is 0.348. The number of hydrogen-bond acceptors (Lipinski definition) is 7. The number of carbonyl (C=O) groups is 1. The largest absolute Gasteiger partial charge is 0.383 e. The molecule has 2 aromatic heterocycles. The zero-order chi connectivity index (χ0) is 22.3. The lowest BCUT2D eigenvalue weighted by Gasteiger charge is -2.13. The van der Waals surface area contributed by atoms with E-state index in [4.69, 9.17) is 16.2 Å². The normalized spacial score (nSPS) is 10.8. The standard InChI is InChI=1S/C24H23N5O2S/c25-23-22(20(28-24(26)29-23)15-31-14-16-5-2-1-3-6-16)17-8-10-18(11-9-17)27-21(30)13-19-7-4-12-32-19/h1-12H,13-15H2,(H,27,30)(H4,25,26,28,29).